The van der Waals surface area contributed by atoms with Gasteiger partial charge < -0.3 is 0 Å². The largest absolute Gasteiger partial charge is 0.238 e. The summed E-state index contributed by atoms with van der Waals surface area (Å²) in [6.07, 6.45) is 0.352. The van der Waals surface area contributed by atoms with Gasteiger partial charge in [0.05, 0.1) is 0 Å². The zero-order chi connectivity index (χ0) is 12.1. The van der Waals surface area contributed by atoms with Crippen LogP contribution in [0, 0.1) is 5.92 Å². The number of nitrogens with zero attached hydrogens (tertiary/aromatic N) is 1. The van der Waals surface area contributed by atoms with Gasteiger partial charge in [-0.05, 0) is 24.0 Å². The van der Waals surface area contributed by atoms with Crippen molar-refractivity contribution in [3.63, 3.8) is 0 Å². The summed E-state index contributed by atoms with van der Waals surface area (Å²) in [5, 5.41) is 0.509. The van der Waals surface area contributed by atoms with Crippen LogP contribution in [-0.2, 0) is 11.2 Å². The molecule has 1 unspecified atom stereocenters. The Morgan fingerprint density at radius 2 is 2.19 bits per heavy atom. The summed E-state index contributed by atoms with van der Waals surface area (Å²) >= 11 is 6.01. The van der Waals surface area contributed by atoms with E-state index in [1.165, 1.54) is 12.1 Å². The number of alkyl halides is 1. The first-order chi connectivity index (χ1) is 7.54. The van der Waals surface area contributed by atoms with Crippen molar-refractivity contribution < 1.29 is 9.18 Å². The molecule has 0 aliphatic heterocycles. The van der Waals surface area contributed by atoms with Gasteiger partial charge in [0, 0.05) is 10.6 Å². The summed E-state index contributed by atoms with van der Waals surface area (Å²) in [7, 11) is 0. The normalized spacial score (nSPS) is 12.3. The summed E-state index contributed by atoms with van der Waals surface area (Å²) in [6.45, 7) is 4.16. The Morgan fingerprint density at radius 3 is 2.69 bits per heavy atom. The molecule has 2 nitrogen and oxygen atoms in total. The minimum absolute atomic E-state index is 0.279. The van der Waals surface area contributed by atoms with Gasteiger partial charge >= 0.3 is 0 Å². The number of aliphatic imine (C=N–C) groups is 1. The number of rotatable bonds is 4. The molecule has 0 saturated carbocycles. The first-order valence-electron chi connectivity index (χ1n) is 5.04. The number of isocyanates is 1. The third kappa shape index (κ3) is 3.44. The maximum Gasteiger partial charge on any atom is 0.238 e. The van der Waals surface area contributed by atoms with Crippen LogP contribution in [0.2, 0.25) is 5.02 Å². The van der Waals surface area contributed by atoms with Crippen molar-refractivity contribution in [2.75, 3.05) is 0 Å². The average Bonchev–Trinajstić information content (AvgIpc) is 2.20. The number of carbonyl (C=O) groups excluding carboxylic acids is 1. The van der Waals surface area contributed by atoms with E-state index in [-0.39, 0.29) is 5.56 Å². The van der Waals surface area contributed by atoms with E-state index < -0.39 is 6.30 Å². The van der Waals surface area contributed by atoms with E-state index >= 15 is 0 Å². The zero-order valence-corrected chi connectivity index (χ0v) is 9.96. The monoisotopic (exact) mass is 241 g/mol. The third-order valence-electron chi connectivity index (χ3n) is 2.15. The van der Waals surface area contributed by atoms with Crippen molar-refractivity contribution in [3.05, 3.63) is 34.3 Å². The number of hydrogen-bond donors (Lipinski definition) is 0. The maximum atomic E-state index is 13.2. The summed E-state index contributed by atoms with van der Waals surface area (Å²) < 4.78 is 13.2. The standard InChI is InChI=1S/C12H13ClFNO/c1-8(2)5-9-3-4-10(6-11(9)13)12(14)15-7-16/h3-4,6,8,12H,5H2,1-2H3. The average molecular weight is 242 g/mol. The van der Waals surface area contributed by atoms with Gasteiger partial charge in [0.1, 0.15) is 0 Å². The lowest BCUT2D eigenvalue weighted by molar-refractivity contribution is 0.356. The number of hydrogen-bond acceptors (Lipinski definition) is 2. The Bertz CT molecular complexity index is 413. The van der Waals surface area contributed by atoms with Crippen LogP contribution < -0.4 is 0 Å². The summed E-state index contributed by atoms with van der Waals surface area (Å²) in [5.74, 6) is 0.484. The molecule has 16 heavy (non-hydrogen) atoms. The molecule has 1 atom stereocenters. The van der Waals surface area contributed by atoms with Crippen LogP contribution in [0.1, 0.15) is 31.3 Å². The molecule has 0 spiro atoms. The SMILES string of the molecule is CC(C)Cc1ccc(C(F)N=C=O)cc1Cl. The van der Waals surface area contributed by atoms with Gasteiger partial charge in [-0.15, -0.1) is 0 Å². The summed E-state index contributed by atoms with van der Waals surface area (Å²) in [4.78, 5) is 12.9. The Kier molecular flexibility index (Phi) is 4.66. The van der Waals surface area contributed by atoms with Crippen molar-refractivity contribution in [2.45, 2.75) is 26.6 Å². The molecule has 86 valence electrons. The van der Waals surface area contributed by atoms with Crippen LogP contribution in [0.5, 0.6) is 0 Å². The highest BCUT2D eigenvalue weighted by molar-refractivity contribution is 6.31. The van der Waals surface area contributed by atoms with Crippen molar-refractivity contribution >= 4 is 17.7 Å². The molecule has 1 aromatic rings. The van der Waals surface area contributed by atoms with Gasteiger partial charge in [-0.25, -0.2) is 9.18 Å². The van der Waals surface area contributed by atoms with Gasteiger partial charge in [-0.1, -0.05) is 37.6 Å². The predicted octanol–water partition coefficient (Wildman–Crippen LogP) is 3.84. The van der Waals surface area contributed by atoms with Crippen LogP contribution in [0.25, 0.3) is 0 Å². The first-order valence-corrected chi connectivity index (χ1v) is 5.41. The summed E-state index contributed by atoms with van der Waals surface area (Å²) in [6, 6.07) is 4.87. The molecule has 0 N–H and O–H groups in total. The fraction of sp³-hybridized carbons (Fsp3) is 0.417. The molecule has 0 amide bonds. The molecular weight excluding hydrogens is 229 g/mol. The van der Waals surface area contributed by atoms with Crippen LogP contribution >= 0.6 is 11.6 Å². The molecule has 0 fully saturated rings. The van der Waals surface area contributed by atoms with E-state index in [0.29, 0.717) is 10.9 Å². The van der Waals surface area contributed by atoms with Gasteiger partial charge in [-0.3, -0.25) is 0 Å². The quantitative estimate of drug-likeness (QED) is 0.447. The fourth-order valence-corrected chi connectivity index (χ4v) is 1.70. The second kappa shape index (κ2) is 5.78. The van der Waals surface area contributed by atoms with Gasteiger partial charge in [0.2, 0.25) is 12.4 Å². The van der Waals surface area contributed by atoms with E-state index in [9.17, 15) is 9.18 Å². The lowest BCUT2D eigenvalue weighted by Crippen LogP contribution is -1.96. The van der Waals surface area contributed by atoms with E-state index in [4.69, 9.17) is 11.6 Å². The topological polar surface area (TPSA) is 29.4 Å². The molecule has 4 heteroatoms. The second-order valence-electron chi connectivity index (χ2n) is 4.01. The van der Waals surface area contributed by atoms with Gasteiger partial charge in [-0.2, -0.15) is 4.99 Å². The van der Waals surface area contributed by atoms with Crippen LogP contribution in [0.4, 0.5) is 4.39 Å². The van der Waals surface area contributed by atoms with E-state index in [1.807, 2.05) is 0 Å². The minimum Gasteiger partial charge on any atom is -0.215 e. The lowest BCUT2D eigenvalue weighted by atomic mass is 10.0. The highest BCUT2D eigenvalue weighted by atomic mass is 35.5. The zero-order valence-electron chi connectivity index (χ0n) is 9.21. The van der Waals surface area contributed by atoms with Crippen LogP contribution in [-0.4, -0.2) is 6.08 Å². The Labute approximate surface area is 99.1 Å². The Hall–Kier alpha value is -1.18. The van der Waals surface area contributed by atoms with Crippen molar-refractivity contribution in [1.82, 2.24) is 0 Å². The van der Waals surface area contributed by atoms with E-state index in [2.05, 4.69) is 18.8 Å². The molecule has 0 aromatic heterocycles. The smallest absolute Gasteiger partial charge is 0.215 e. The number of benzene rings is 1. The number of halogens is 2. The minimum atomic E-state index is -1.68. The van der Waals surface area contributed by atoms with Crippen molar-refractivity contribution in [2.24, 2.45) is 10.9 Å². The van der Waals surface area contributed by atoms with Gasteiger partial charge in [0.25, 0.3) is 0 Å². The highest BCUT2D eigenvalue weighted by Crippen LogP contribution is 2.26. The predicted molar refractivity (Wildman–Crippen MR) is 62.0 cm³/mol. The Balaban J connectivity index is 2.94. The maximum absolute atomic E-state index is 13.2. The summed E-state index contributed by atoms with van der Waals surface area (Å²) in [5.41, 5.74) is 1.25. The molecule has 0 aliphatic rings. The van der Waals surface area contributed by atoms with Crippen molar-refractivity contribution in [3.8, 4) is 0 Å². The molecular formula is C12H13ClFNO. The molecule has 1 aromatic carbocycles. The molecule has 0 bridgehead atoms. The van der Waals surface area contributed by atoms with E-state index in [0.717, 1.165) is 12.0 Å². The highest BCUT2D eigenvalue weighted by Gasteiger charge is 2.10. The Morgan fingerprint density at radius 1 is 1.50 bits per heavy atom. The molecule has 1 rings (SSSR count). The van der Waals surface area contributed by atoms with Gasteiger partial charge in [0.15, 0.2) is 0 Å². The van der Waals surface area contributed by atoms with Crippen molar-refractivity contribution in [1.29, 1.82) is 0 Å². The van der Waals surface area contributed by atoms with E-state index in [1.54, 1.807) is 12.1 Å². The third-order valence-corrected chi connectivity index (χ3v) is 2.50. The van der Waals surface area contributed by atoms with Crippen LogP contribution in [0.3, 0.4) is 0 Å². The fourth-order valence-electron chi connectivity index (χ4n) is 1.44. The molecule has 0 radical (unpaired) electrons. The molecule has 0 heterocycles. The second-order valence-corrected chi connectivity index (χ2v) is 4.41. The molecule has 0 aliphatic carbocycles. The first kappa shape index (κ1) is 12.9. The lowest BCUT2D eigenvalue weighted by Gasteiger charge is -2.09. The van der Waals surface area contributed by atoms with Crippen LogP contribution in [0.15, 0.2) is 23.2 Å². The molecule has 0 saturated heterocycles.